The Balaban J connectivity index is 0.00000225. The molecule has 1 fully saturated rings. The van der Waals surface area contributed by atoms with Gasteiger partial charge in [0.1, 0.15) is 0 Å². The van der Waals surface area contributed by atoms with Crippen LogP contribution < -0.4 is 10.6 Å². The highest BCUT2D eigenvalue weighted by Crippen LogP contribution is 2.10. The number of hydrogen-bond acceptors (Lipinski definition) is 5. The molecule has 0 saturated carbocycles. The molecule has 1 aliphatic heterocycles. The van der Waals surface area contributed by atoms with Crippen molar-refractivity contribution in [2.75, 3.05) is 20.8 Å². The first-order valence-electron chi connectivity index (χ1n) is 4.80. The van der Waals surface area contributed by atoms with Crippen LogP contribution in [0.5, 0.6) is 0 Å². The summed E-state index contributed by atoms with van der Waals surface area (Å²) in [6.07, 6.45) is 0.598. The minimum absolute atomic E-state index is 0. The summed E-state index contributed by atoms with van der Waals surface area (Å²) in [5.74, 6) is -0.244. The maximum Gasteiger partial charge on any atom is 0.407 e. The smallest absolute Gasteiger partial charge is 0.407 e. The molecule has 0 aromatic rings. The fourth-order valence-electron chi connectivity index (χ4n) is 1.59. The van der Waals surface area contributed by atoms with E-state index < -0.39 is 6.09 Å². The summed E-state index contributed by atoms with van der Waals surface area (Å²) in [6.45, 7) is 0.650. The van der Waals surface area contributed by atoms with Crippen LogP contribution in [0.15, 0.2) is 0 Å². The Bertz CT molecular complexity index is 226. The van der Waals surface area contributed by atoms with E-state index in [0.29, 0.717) is 19.4 Å². The van der Waals surface area contributed by atoms with Crippen LogP contribution in [0.2, 0.25) is 0 Å². The summed E-state index contributed by atoms with van der Waals surface area (Å²) in [4.78, 5) is 21.9. The van der Waals surface area contributed by atoms with Crippen molar-refractivity contribution in [2.45, 2.75) is 24.9 Å². The first-order valence-corrected chi connectivity index (χ1v) is 4.80. The highest BCUT2D eigenvalue weighted by molar-refractivity contribution is 5.85. The van der Waals surface area contributed by atoms with Crippen LogP contribution in [-0.4, -0.2) is 44.9 Å². The van der Waals surface area contributed by atoms with Crippen LogP contribution in [0.25, 0.3) is 0 Å². The first-order chi connectivity index (χ1) is 7.15. The van der Waals surface area contributed by atoms with E-state index in [2.05, 4.69) is 20.1 Å². The molecule has 7 heteroatoms. The van der Waals surface area contributed by atoms with Gasteiger partial charge in [0.25, 0.3) is 0 Å². The maximum absolute atomic E-state index is 11.0. The van der Waals surface area contributed by atoms with Crippen molar-refractivity contribution >= 4 is 24.5 Å². The number of halogens is 1. The van der Waals surface area contributed by atoms with Gasteiger partial charge in [0.15, 0.2) is 0 Å². The quantitative estimate of drug-likeness (QED) is 0.695. The third-order valence-electron chi connectivity index (χ3n) is 2.37. The molecular weight excluding hydrogens is 236 g/mol. The van der Waals surface area contributed by atoms with E-state index in [1.54, 1.807) is 0 Å². The van der Waals surface area contributed by atoms with Gasteiger partial charge in [0, 0.05) is 18.6 Å². The highest BCUT2D eigenvalue weighted by Gasteiger charge is 2.27. The zero-order valence-electron chi connectivity index (χ0n) is 9.32. The van der Waals surface area contributed by atoms with Gasteiger partial charge in [0.05, 0.1) is 20.6 Å². The summed E-state index contributed by atoms with van der Waals surface area (Å²) in [5, 5.41) is 5.80. The lowest BCUT2D eigenvalue weighted by Crippen LogP contribution is -2.35. The molecule has 2 N–H and O–H groups in total. The molecule has 0 bridgehead atoms. The molecule has 2 atom stereocenters. The molecule has 0 radical (unpaired) electrons. The van der Waals surface area contributed by atoms with Gasteiger partial charge >= 0.3 is 12.1 Å². The lowest BCUT2D eigenvalue weighted by atomic mass is 10.1. The number of carbonyl (C=O) groups is 2. The van der Waals surface area contributed by atoms with Crippen LogP contribution in [0.4, 0.5) is 4.79 Å². The number of alkyl carbamates (subject to hydrolysis) is 1. The zero-order valence-corrected chi connectivity index (χ0v) is 10.1. The molecular formula is C9H17ClN2O4. The lowest BCUT2D eigenvalue weighted by molar-refractivity contribution is -0.141. The third-order valence-corrected chi connectivity index (χ3v) is 2.37. The van der Waals surface area contributed by atoms with Crippen molar-refractivity contribution in [3.8, 4) is 0 Å². The molecule has 1 heterocycles. The second kappa shape index (κ2) is 7.29. The molecule has 0 aliphatic carbocycles. The molecule has 0 aromatic heterocycles. The average Bonchev–Trinajstić information content (AvgIpc) is 2.65. The van der Waals surface area contributed by atoms with E-state index in [-0.39, 0.29) is 30.5 Å². The number of methoxy groups -OCH3 is 2. The molecule has 1 saturated heterocycles. The zero-order chi connectivity index (χ0) is 11.3. The van der Waals surface area contributed by atoms with Gasteiger partial charge in [-0.3, -0.25) is 4.79 Å². The Kier molecular flexibility index (Phi) is 6.83. The van der Waals surface area contributed by atoms with E-state index >= 15 is 0 Å². The topological polar surface area (TPSA) is 76.7 Å². The van der Waals surface area contributed by atoms with Crippen LogP contribution >= 0.6 is 12.4 Å². The van der Waals surface area contributed by atoms with Gasteiger partial charge in [-0.25, -0.2) is 4.79 Å². The van der Waals surface area contributed by atoms with Crippen molar-refractivity contribution in [3.05, 3.63) is 0 Å². The van der Waals surface area contributed by atoms with E-state index in [1.807, 2.05) is 0 Å². The molecule has 1 aliphatic rings. The van der Waals surface area contributed by atoms with Gasteiger partial charge < -0.3 is 20.1 Å². The molecule has 94 valence electrons. The summed E-state index contributed by atoms with van der Waals surface area (Å²) in [7, 11) is 2.69. The second-order valence-electron chi connectivity index (χ2n) is 3.45. The minimum atomic E-state index is -0.444. The fraction of sp³-hybridized carbons (Fsp3) is 0.778. The van der Waals surface area contributed by atoms with Crippen molar-refractivity contribution in [1.82, 2.24) is 10.6 Å². The van der Waals surface area contributed by atoms with Gasteiger partial charge in [-0.2, -0.15) is 0 Å². The van der Waals surface area contributed by atoms with Crippen LogP contribution in [0, 0.1) is 0 Å². The van der Waals surface area contributed by atoms with E-state index in [4.69, 9.17) is 0 Å². The van der Waals surface area contributed by atoms with Gasteiger partial charge in [-0.1, -0.05) is 0 Å². The third kappa shape index (κ3) is 4.67. The lowest BCUT2D eigenvalue weighted by Gasteiger charge is -2.10. The molecule has 0 spiro atoms. The normalized spacial score (nSPS) is 23.1. The maximum atomic E-state index is 11.0. The SMILES string of the molecule is COC(=O)C[C@@H]1C[C@@H](NC(=O)OC)CN1.Cl. The number of nitrogens with one attached hydrogen (secondary N) is 2. The van der Waals surface area contributed by atoms with Crippen molar-refractivity contribution in [2.24, 2.45) is 0 Å². The largest absolute Gasteiger partial charge is 0.469 e. The van der Waals surface area contributed by atoms with Crippen molar-refractivity contribution in [1.29, 1.82) is 0 Å². The van der Waals surface area contributed by atoms with Crippen molar-refractivity contribution < 1.29 is 19.1 Å². The van der Waals surface area contributed by atoms with Crippen LogP contribution in [0.3, 0.4) is 0 Å². The number of ether oxygens (including phenoxy) is 2. The molecule has 16 heavy (non-hydrogen) atoms. The van der Waals surface area contributed by atoms with E-state index in [9.17, 15) is 9.59 Å². The molecule has 6 nitrogen and oxygen atoms in total. The Labute approximate surface area is 100 Å². The Morgan fingerprint density at radius 3 is 2.62 bits per heavy atom. The average molecular weight is 253 g/mol. The summed E-state index contributed by atoms with van der Waals surface area (Å²) >= 11 is 0. The van der Waals surface area contributed by atoms with Crippen molar-refractivity contribution in [3.63, 3.8) is 0 Å². The number of carbonyl (C=O) groups excluding carboxylic acids is 2. The molecule has 0 unspecified atom stereocenters. The second-order valence-corrected chi connectivity index (χ2v) is 3.45. The number of esters is 1. The van der Waals surface area contributed by atoms with Gasteiger partial charge in [-0.15, -0.1) is 12.4 Å². The molecule has 0 aromatic carbocycles. The van der Waals surface area contributed by atoms with E-state index in [0.717, 1.165) is 0 Å². The van der Waals surface area contributed by atoms with Gasteiger partial charge in [-0.05, 0) is 6.42 Å². The monoisotopic (exact) mass is 252 g/mol. The summed E-state index contributed by atoms with van der Waals surface area (Å²) < 4.78 is 9.04. The number of amides is 1. The van der Waals surface area contributed by atoms with Crippen LogP contribution in [0.1, 0.15) is 12.8 Å². The van der Waals surface area contributed by atoms with Crippen LogP contribution in [-0.2, 0) is 14.3 Å². The standard InChI is InChI=1S/C9H16N2O4.ClH/c1-14-8(12)4-6-3-7(5-10-6)11-9(13)15-2;/h6-7,10H,3-5H2,1-2H3,(H,11,13);1H/t6-,7+;/m0./s1. The number of hydrogen-bond donors (Lipinski definition) is 2. The predicted octanol–water partition coefficient (Wildman–Crippen LogP) is 0.0578. The van der Waals surface area contributed by atoms with Gasteiger partial charge in [0.2, 0.25) is 0 Å². The Morgan fingerprint density at radius 2 is 2.06 bits per heavy atom. The predicted molar refractivity (Wildman–Crippen MR) is 59.6 cm³/mol. The Morgan fingerprint density at radius 1 is 1.38 bits per heavy atom. The molecule has 1 amide bonds. The highest BCUT2D eigenvalue weighted by atomic mass is 35.5. The fourth-order valence-corrected chi connectivity index (χ4v) is 1.59. The molecule has 1 rings (SSSR count). The first kappa shape index (κ1) is 15.0. The summed E-state index contributed by atoms with van der Waals surface area (Å²) in [6, 6.07) is 0.0895. The summed E-state index contributed by atoms with van der Waals surface area (Å²) in [5.41, 5.74) is 0. The number of rotatable bonds is 3. The van der Waals surface area contributed by atoms with E-state index in [1.165, 1.54) is 14.2 Å². The minimum Gasteiger partial charge on any atom is -0.469 e. The Hall–Kier alpha value is -1.01.